The van der Waals surface area contributed by atoms with Crippen LogP contribution >= 0.6 is 11.6 Å². The van der Waals surface area contributed by atoms with E-state index in [0.717, 1.165) is 10.8 Å². The third-order valence-corrected chi connectivity index (χ3v) is 3.88. The van der Waals surface area contributed by atoms with Crippen LogP contribution in [0.3, 0.4) is 0 Å². The lowest BCUT2D eigenvalue weighted by atomic mass is 9.96. The van der Waals surface area contributed by atoms with E-state index in [9.17, 15) is 9.18 Å². The molecular weight excluding hydrogens is 287 g/mol. The van der Waals surface area contributed by atoms with E-state index in [-0.39, 0.29) is 11.3 Å². The molecule has 0 radical (unpaired) electrons. The average Bonchev–Trinajstić information content (AvgIpc) is 2.50. The molecule has 1 nitrogen and oxygen atoms in total. The van der Waals surface area contributed by atoms with Crippen molar-refractivity contribution in [2.24, 2.45) is 0 Å². The average molecular weight is 299 g/mol. The van der Waals surface area contributed by atoms with Crippen LogP contribution in [0.25, 0.3) is 10.8 Å². The van der Waals surface area contributed by atoms with Gasteiger partial charge in [-0.25, -0.2) is 4.39 Å². The van der Waals surface area contributed by atoms with Crippen LogP contribution in [0.4, 0.5) is 4.39 Å². The van der Waals surface area contributed by atoms with E-state index in [4.69, 9.17) is 11.6 Å². The number of ketones is 1. The molecule has 0 saturated carbocycles. The van der Waals surface area contributed by atoms with E-state index in [2.05, 4.69) is 0 Å². The summed E-state index contributed by atoms with van der Waals surface area (Å²) in [5.74, 6) is -0.800. The number of benzene rings is 3. The smallest absolute Gasteiger partial charge is 0.196 e. The van der Waals surface area contributed by atoms with Gasteiger partial charge in [0.1, 0.15) is 5.82 Å². The summed E-state index contributed by atoms with van der Waals surface area (Å²) in [7, 11) is 0. The molecule has 0 N–H and O–H groups in total. The molecule has 0 aliphatic rings. The second-order valence-corrected chi connectivity index (χ2v) is 5.31. The Morgan fingerprint density at radius 1 is 0.905 bits per heavy atom. The first-order valence-corrected chi connectivity index (χ1v) is 6.94. The van der Waals surface area contributed by atoms with Gasteiger partial charge in [0.05, 0.1) is 5.56 Å². The maximum absolute atomic E-state index is 14.2. The standard InChI is InChI=1S/C18H12ClFO/c1-11-5-4-8-15(17(11)20)18(21)14-9-10-16(19)13-7-3-2-6-12(13)14/h2-10H,1H3. The maximum Gasteiger partial charge on any atom is 0.196 e. The van der Waals surface area contributed by atoms with Gasteiger partial charge in [-0.15, -0.1) is 0 Å². The van der Waals surface area contributed by atoms with Crippen LogP contribution in [0.5, 0.6) is 0 Å². The van der Waals surface area contributed by atoms with Crippen LogP contribution in [0.2, 0.25) is 5.02 Å². The zero-order chi connectivity index (χ0) is 15.0. The Hall–Kier alpha value is -2.19. The Bertz CT molecular complexity index is 855. The third kappa shape index (κ3) is 2.32. The second-order valence-electron chi connectivity index (χ2n) is 4.91. The number of hydrogen-bond donors (Lipinski definition) is 0. The second kappa shape index (κ2) is 5.30. The highest BCUT2D eigenvalue weighted by Gasteiger charge is 2.18. The van der Waals surface area contributed by atoms with Crippen molar-refractivity contribution < 1.29 is 9.18 Å². The molecule has 0 aromatic heterocycles. The molecule has 3 rings (SSSR count). The summed E-state index contributed by atoms with van der Waals surface area (Å²) in [4.78, 5) is 12.7. The van der Waals surface area contributed by atoms with Gasteiger partial charge in [-0.2, -0.15) is 0 Å². The largest absolute Gasteiger partial charge is 0.288 e. The molecule has 0 saturated heterocycles. The van der Waals surface area contributed by atoms with Gasteiger partial charge in [0.15, 0.2) is 5.78 Å². The molecule has 0 unspecified atom stereocenters. The van der Waals surface area contributed by atoms with Gasteiger partial charge >= 0.3 is 0 Å². The molecule has 0 amide bonds. The number of fused-ring (bicyclic) bond motifs is 1. The topological polar surface area (TPSA) is 17.1 Å². The minimum absolute atomic E-state index is 0.0856. The molecule has 21 heavy (non-hydrogen) atoms. The Morgan fingerprint density at radius 2 is 1.62 bits per heavy atom. The van der Waals surface area contributed by atoms with E-state index in [1.54, 1.807) is 31.2 Å². The highest BCUT2D eigenvalue weighted by molar-refractivity contribution is 6.36. The monoisotopic (exact) mass is 298 g/mol. The van der Waals surface area contributed by atoms with Gasteiger partial charge < -0.3 is 0 Å². The summed E-state index contributed by atoms with van der Waals surface area (Å²) in [6.07, 6.45) is 0. The fourth-order valence-electron chi connectivity index (χ4n) is 2.43. The van der Waals surface area contributed by atoms with Gasteiger partial charge in [0.2, 0.25) is 0 Å². The van der Waals surface area contributed by atoms with Crippen LogP contribution in [0.15, 0.2) is 54.6 Å². The summed E-state index contributed by atoms with van der Waals surface area (Å²) in [6.45, 7) is 1.64. The van der Waals surface area contributed by atoms with E-state index in [0.29, 0.717) is 16.1 Å². The number of halogens is 2. The fraction of sp³-hybridized carbons (Fsp3) is 0.0556. The van der Waals surface area contributed by atoms with Crippen LogP contribution < -0.4 is 0 Å². The van der Waals surface area contributed by atoms with E-state index >= 15 is 0 Å². The van der Waals surface area contributed by atoms with Crippen molar-refractivity contribution in [3.8, 4) is 0 Å². The Kier molecular flexibility index (Phi) is 3.48. The highest BCUT2D eigenvalue weighted by Crippen LogP contribution is 2.28. The third-order valence-electron chi connectivity index (χ3n) is 3.55. The van der Waals surface area contributed by atoms with Crippen molar-refractivity contribution in [1.82, 2.24) is 0 Å². The lowest BCUT2D eigenvalue weighted by Gasteiger charge is -2.09. The minimum atomic E-state index is -0.471. The van der Waals surface area contributed by atoms with Crippen LogP contribution in [0, 0.1) is 12.7 Å². The zero-order valence-electron chi connectivity index (χ0n) is 11.4. The predicted octanol–water partition coefficient (Wildman–Crippen LogP) is 5.17. The van der Waals surface area contributed by atoms with Crippen molar-refractivity contribution in [3.05, 3.63) is 82.1 Å². The van der Waals surface area contributed by atoms with Gasteiger partial charge in [-0.05, 0) is 36.1 Å². The summed E-state index contributed by atoms with van der Waals surface area (Å²) in [5.41, 5.74) is 1.00. The lowest BCUT2D eigenvalue weighted by molar-refractivity contribution is 0.103. The summed E-state index contributed by atoms with van der Waals surface area (Å²) >= 11 is 6.15. The van der Waals surface area contributed by atoms with Crippen molar-refractivity contribution in [1.29, 1.82) is 0 Å². The Labute approximate surface area is 127 Å². The van der Waals surface area contributed by atoms with Crippen LogP contribution in [0.1, 0.15) is 21.5 Å². The molecule has 3 aromatic rings. The first-order chi connectivity index (χ1) is 10.1. The molecular formula is C18H12ClFO. The predicted molar refractivity (Wildman–Crippen MR) is 83.5 cm³/mol. The van der Waals surface area contributed by atoms with E-state index in [1.807, 2.05) is 24.3 Å². The zero-order valence-corrected chi connectivity index (χ0v) is 12.1. The summed E-state index contributed by atoms with van der Waals surface area (Å²) in [6, 6.07) is 15.5. The highest BCUT2D eigenvalue weighted by atomic mass is 35.5. The van der Waals surface area contributed by atoms with E-state index < -0.39 is 5.82 Å². The SMILES string of the molecule is Cc1cccc(C(=O)c2ccc(Cl)c3ccccc23)c1F. The first kappa shape index (κ1) is 13.8. The lowest BCUT2D eigenvalue weighted by Crippen LogP contribution is -2.06. The summed E-state index contributed by atoms with van der Waals surface area (Å²) < 4.78 is 14.2. The molecule has 0 aliphatic heterocycles. The molecule has 3 heteroatoms. The van der Waals surface area contributed by atoms with Crippen LogP contribution in [-0.4, -0.2) is 5.78 Å². The van der Waals surface area contributed by atoms with Crippen molar-refractivity contribution in [3.63, 3.8) is 0 Å². The normalized spacial score (nSPS) is 10.8. The number of aryl methyl sites for hydroxylation is 1. The van der Waals surface area contributed by atoms with Crippen molar-refractivity contribution >= 4 is 28.2 Å². The fourth-order valence-corrected chi connectivity index (χ4v) is 2.66. The molecule has 0 atom stereocenters. The Morgan fingerprint density at radius 3 is 2.38 bits per heavy atom. The number of rotatable bonds is 2. The van der Waals surface area contributed by atoms with E-state index in [1.165, 1.54) is 6.07 Å². The molecule has 3 aromatic carbocycles. The van der Waals surface area contributed by atoms with Gasteiger partial charge in [-0.1, -0.05) is 48.0 Å². The minimum Gasteiger partial charge on any atom is -0.288 e. The molecule has 104 valence electrons. The van der Waals surface area contributed by atoms with Crippen molar-refractivity contribution in [2.75, 3.05) is 0 Å². The van der Waals surface area contributed by atoms with Crippen LogP contribution in [-0.2, 0) is 0 Å². The Balaban J connectivity index is 2.23. The number of carbonyl (C=O) groups is 1. The molecule has 0 bridgehead atoms. The van der Waals surface area contributed by atoms with Gasteiger partial charge in [-0.3, -0.25) is 4.79 Å². The summed E-state index contributed by atoms with van der Waals surface area (Å²) in [5, 5.41) is 2.10. The first-order valence-electron chi connectivity index (χ1n) is 6.56. The maximum atomic E-state index is 14.2. The number of carbonyl (C=O) groups excluding carboxylic acids is 1. The van der Waals surface area contributed by atoms with Gasteiger partial charge in [0.25, 0.3) is 0 Å². The number of hydrogen-bond acceptors (Lipinski definition) is 1. The molecule has 0 aliphatic carbocycles. The molecule has 0 heterocycles. The van der Waals surface area contributed by atoms with Crippen molar-refractivity contribution in [2.45, 2.75) is 6.92 Å². The molecule has 0 fully saturated rings. The quantitative estimate of drug-likeness (QED) is 0.596. The van der Waals surface area contributed by atoms with Gasteiger partial charge in [0, 0.05) is 16.0 Å². The molecule has 0 spiro atoms.